The Labute approximate surface area is 87.4 Å². The van der Waals surface area contributed by atoms with Crippen LogP contribution in [0, 0.1) is 5.82 Å². The van der Waals surface area contributed by atoms with Crippen molar-refractivity contribution >= 4 is 10.9 Å². The molecule has 0 aliphatic heterocycles. The molecule has 2 aromatic rings. The zero-order valence-corrected chi connectivity index (χ0v) is 8.66. The molecule has 3 heteroatoms. The molecule has 0 fully saturated rings. The van der Waals surface area contributed by atoms with Crippen LogP contribution in [-0.4, -0.2) is 10.1 Å². The van der Waals surface area contributed by atoms with Crippen LogP contribution in [0.1, 0.15) is 25.3 Å². The lowest BCUT2D eigenvalue weighted by Gasteiger charge is -2.11. The molecule has 0 unspecified atom stereocenters. The molecule has 0 radical (unpaired) electrons. The van der Waals surface area contributed by atoms with E-state index in [1.54, 1.807) is 6.07 Å². The average Bonchev–Trinajstić information content (AvgIpc) is 2.16. The maximum Gasteiger partial charge on any atom is 0.137 e. The molecule has 1 N–H and O–H groups in total. The van der Waals surface area contributed by atoms with Crippen LogP contribution in [0.4, 0.5) is 4.39 Å². The van der Waals surface area contributed by atoms with Crippen molar-refractivity contribution in [1.29, 1.82) is 0 Å². The number of rotatable bonds is 1. The molecule has 15 heavy (non-hydrogen) atoms. The van der Waals surface area contributed by atoms with Gasteiger partial charge < -0.3 is 5.11 Å². The summed E-state index contributed by atoms with van der Waals surface area (Å²) >= 11 is 0. The number of hydrogen-bond donors (Lipinski definition) is 1. The largest absolute Gasteiger partial charge is 0.506 e. The van der Waals surface area contributed by atoms with Crippen LogP contribution in [-0.2, 0) is 0 Å². The van der Waals surface area contributed by atoms with E-state index in [4.69, 9.17) is 0 Å². The van der Waals surface area contributed by atoms with Crippen molar-refractivity contribution in [3.05, 3.63) is 35.8 Å². The summed E-state index contributed by atoms with van der Waals surface area (Å²) in [5, 5.41) is 10.4. The highest BCUT2D eigenvalue weighted by molar-refractivity contribution is 5.84. The molecule has 0 saturated heterocycles. The summed E-state index contributed by atoms with van der Waals surface area (Å²) in [4.78, 5) is 4.05. The smallest absolute Gasteiger partial charge is 0.137 e. The standard InChI is InChI=1S/C12H12FNO/c1-7(2)12-9-5-8(13)3-4-10(9)14-6-11(12)15/h3-7,15H,1-2H3. The summed E-state index contributed by atoms with van der Waals surface area (Å²) in [5.74, 6) is -0.0443. The van der Waals surface area contributed by atoms with Gasteiger partial charge in [-0.3, -0.25) is 4.98 Å². The molecule has 0 atom stereocenters. The highest BCUT2D eigenvalue weighted by atomic mass is 19.1. The van der Waals surface area contributed by atoms with Crippen LogP contribution in [0.25, 0.3) is 10.9 Å². The van der Waals surface area contributed by atoms with Crippen molar-refractivity contribution < 1.29 is 9.50 Å². The normalized spacial score (nSPS) is 11.2. The molecule has 78 valence electrons. The number of hydrogen-bond acceptors (Lipinski definition) is 2. The molecule has 1 aromatic heterocycles. The molecular weight excluding hydrogens is 193 g/mol. The second kappa shape index (κ2) is 3.50. The second-order valence-electron chi connectivity index (χ2n) is 3.87. The highest BCUT2D eigenvalue weighted by Crippen LogP contribution is 2.31. The molecule has 1 heterocycles. The van der Waals surface area contributed by atoms with Gasteiger partial charge in [-0.05, 0) is 24.1 Å². The van der Waals surface area contributed by atoms with Gasteiger partial charge in [0.25, 0.3) is 0 Å². The summed E-state index contributed by atoms with van der Waals surface area (Å²) in [5.41, 5.74) is 1.46. The molecule has 0 amide bonds. The minimum absolute atomic E-state index is 0.128. The Morgan fingerprint density at radius 3 is 2.73 bits per heavy atom. The third-order valence-electron chi connectivity index (χ3n) is 2.43. The summed E-state index contributed by atoms with van der Waals surface area (Å²) in [6.45, 7) is 3.92. The maximum atomic E-state index is 13.1. The van der Waals surface area contributed by atoms with Crippen LogP contribution in [0.15, 0.2) is 24.4 Å². The lowest BCUT2D eigenvalue weighted by molar-refractivity contribution is 0.464. The number of fused-ring (bicyclic) bond motifs is 1. The van der Waals surface area contributed by atoms with Gasteiger partial charge in [0.05, 0.1) is 11.7 Å². The maximum absolute atomic E-state index is 13.1. The zero-order chi connectivity index (χ0) is 11.0. The third kappa shape index (κ3) is 1.65. The first kappa shape index (κ1) is 9.90. The van der Waals surface area contributed by atoms with Crippen molar-refractivity contribution in [2.75, 3.05) is 0 Å². The predicted molar refractivity (Wildman–Crippen MR) is 57.5 cm³/mol. The Balaban J connectivity index is 2.84. The lowest BCUT2D eigenvalue weighted by Crippen LogP contribution is -1.93. The number of benzene rings is 1. The van der Waals surface area contributed by atoms with Crippen molar-refractivity contribution in [2.24, 2.45) is 0 Å². The van der Waals surface area contributed by atoms with E-state index in [0.29, 0.717) is 10.9 Å². The highest BCUT2D eigenvalue weighted by Gasteiger charge is 2.11. The van der Waals surface area contributed by atoms with E-state index in [9.17, 15) is 9.50 Å². The Kier molecular flexibility index (Phi) is 2.31. The number of nitrogens with zero attached hydrogens (tertiary/aromatic N) is 1. The predicted octanol–water partition coefficient (Wildman–Crippen LogP) is 3.20. The van der Waals surface area contributed by atoms with E-state index < -0.39 is 0 Å². The molecule has 2 rings (SSSR count). The van der Waals surface area contributed by atoms with Gasteiger partial charge in [0, 0.05) is 10.9 Å². The van der Waals surface area contributed by atoms with Gasteiger partial charge >= 0.3 is 0 Å². The molecule has 0 spiro atoms. The van der Waals surface area contributed by atoms with E-state index in [-0.39, 0.29) is 17.5 Å². The number of pyridine rings is 1. The number of halogens is 1. The van der Waals surface area contributed by atoms with Crippen molar-refractivity contribution in [1.82, 2.24) is 4.98 Å². The molecule has 0 aliphatic carbocycles. The Bertz CT molecular complexity index is 503. The van der Waals surface area contributed by atoms with E-state index in [1.807, 2.05) is 13.8 Å². The van der Waals surface area contributed by atoms with E-state index in [0.717, 1.165) is 5.56 Å². The fourth-order valence-electron chi connectivity index (χ4n) is 1.78. The second-order valence-corrected chi connectivity index (χ2v) is 3.87. The summed E-state index contributed by atoms with van der Waals surface area (Å²) in [6, 6.07) is 4.41. The topological polar surface area (TPSA) is 33.1 Å². The van der Waals surface area contributed by atoms with Gasteiger partial charge in [-0.15, -0.1) is 0 Å². The van der Waals surface area contributed by atoms with Crippen molar-refractivity contribution in [3.8, 4) is 5.75 Å². The number of aromatic nitrogens is 1. The molecule has 2 nitrogen and oxygen atoms in total. The molecule has 0 saturated carbocycles. The van der Waals surface area contributed by atoms with Crippen molar-refractivity contribution in [3.63, 3.8) is 0 Å². The van der Waals surface area contributed by atoms with Crippen LogP contribution in [0.2, 0.25) is 0 Å². The van der Waals surface area contributed by atoms with E-state index in [1.165, 1.54) is 18.3 Å². The Morgan fingerprint density at radius 2 is 2.07 bits per heavy atom. The summed E-state index contributed by atoms with van der Waals surface area (Å²) in [7, 11) is 0. The zero-order valence-electron chi connectivity index (χ0n) is 8.66. The molecule has 0 bridgehead atoms. The fraction of sp³-hybridized carbons (Fsp3) is 0.250. The lowest BCUT2D eigenvalue weighted by atomic mass is 9.98. The Morgan fingerprint density at radius 1 is 1.33 bits per heavy atom. The van der Waals surface area contributed by atoms with E-state index in [2.05, 4.69) is 4.98 Å². The third-order valence-corrected chi connectivity index (χ3v) is 2.43. The van der Waals surface area contributed by atoms with Crippen LogP contribution in [0.5, 0.6) is 5.75 Å². The van der Waals surface area contributed by atoms with Gasteiger partial charge in [-0.1, -0.05) is 13.8 Å². The quantitative estimate of drug-likeness (QED) is 0.775. The minimum Gasteiger partial charge on any atom is -0.506 e. The minimum atomic E-state index is -0.309. The Hall–Kier alpha value is -1.64. The first-order chi connectivity index (χ1) is 7.09. The van der Waals surface area contributed by atoms with E-state index >= 15 is 0 Å². The van der Waals surface area contributed by atoms with Crippen LogP contribution >= 0.6 is 0 Å². The molecule has 1 aromatic carbocycles. The van der Waals surface area contributed by atoms with Crippen molar-refractivity contribution in [2.45, 2.75) is 19.8 Å². The van der Waals surface area contributed by atoms with Crippen LogP contribution < -0.4 is 0 Å². The van der Waals surface area contributed by atoms with Crippen LogP contribution in [0.3, 0.4) is 0 Å². The fourth-order valence-corrected chi connectivity index (χ4v) is 1.78. The molecule has 0 aliphatic rings. The summed E-state index contributed by atoms with van der Waals surface area (Å²) < 4.78 is 13.1. The van der Waals surface area contributed by atoms with Gasteiger partial charge in [0.2, 0.25) is 0 Å². The SMILES string of the molecule is CC(C)c1c(O)cnc2ccc(F)cc12. The summed E-state index contributed by atoms with van der Waals surface area (Å²) in [6.07, 6.45) is 1.41. The number of aromatic hydroxyl groups is 1. The average molecular weight is 205 g/mol. The van der Waals surface area contributed by atoms with Gasteiger partial charge in [0.1, 0.15) is 11.6 Å². The van der Waals surface area contributed by atoms with Gasteiger partial charge in [-0.25, -0.2) is 4.39 Å². The first-order valence-electron chi connectivity index (χ1n) is 4.86. The van der Waals surface area contributed by atoms with Gasteiger partial charge in [-0.2, -0.15) is 0 Å². The van der Waals surface area contributed by atoms with Gasteiger partial charge in [0.15, 0.2) is 0 Å². The first-order valence-corrected chi connectivity index (χ1v) is 4.86. The monoisotopic (exact) mass is 205 g/mol. The molecular formula is C12H12FNO.